The summed E-state index contributed by atoms with van der Waals surface area (Å²) in [7, 11) is 0. The van der Waals surface area contributed by atoms with Gasteiger partial charge < -0.3 is 10.2 Å². The number of benzene rings is 1. The van der Waals surface area contributed by atoms with Crippen LogP contribution in [-0.4, -0.2) is 18.2 Å². The lowest BCUT2D eigenvalue weighted by Gasteiger charge is -2.09. The number of oxime groups is 1. The zero-order valence-corrected chi connectivity index (χ0v) is 16.3. The maximum Gasteiger partial charge on any atom is 0.220 e. The third-order valence-corrected chi connectivity index (χ3v) is 4.90. The van der Waals surface area contributed by atoms with Gasteiger partial charge in [0.25, 0.3) is 0 Å². The molecule has 4 heteroatoms. The molecule has 1 fully saturated rings. The molecular weight excluding hydrogens is 324 g/mol. The van der Waals surface area contributed by atoms with Crippen molar-refractivity contribution in [2.45, 2.75) is 84.2 Å². The lowest BCUT2D eigenvalue weighted by Crippen LogP contribution is -2.25. The fraction of sp³-hybridized carbons (Fsp3) is 0.636. The predicted octanol–water partition coefficient (Wildman–Crippen LogP) is 5.29. The van der Waals surface area contributed by atoms with Gasteiger partial charge in [0.15, 0.2) is 0 Å². The highest BCUT2D eigenvalue weighted by Gasteiger charge is 2.06. The van der Waals surface area contributed by atoms with Crippen molar-refractivity contribution >= 4 is 11.6 Å². The summed E-state index contributed by atoms with van der Waals surface area (Å²) in [5, 5.41) is 7.40. The zero-order valence-electron chi connectivity index (χ0n) is 16.3. The number of nitrogens with zero attached hydrogens (tertiary/aromatic N) is 1. The van der Waals surface area contributed by atoms with E-state index in [1.807, 2.05) is 0 Å². The molecule has 0 radical (unpaired) electrons. The lowest BCUT2D eigenvalue weighted by molar-refractivity contribution is -0.121. The highest BCUT2D eigenvalue weighted by atomic mass is 16.6. The van der Waals surface area contributed by atoms with E-state index in [1.54, 1.807) is 0 Å². The third-order valence-electron chi connectivity index (χ3n) is 4.90. The first-order valence-corrected chi connectivity index (χ1v) is 10.2. The minimum atomic E-state index is 0.166. The molecule has 2 rings (SSSR count). The SMILES string of the molecule is Cc1ccc(CO/N=C2/CCCCCCCCCCC(=O)NCC2)cc1. The smallest absolute Gasteiger partial charge is 0.220 e. The maximum atomic E-state index is 11.9. The highest BCUT2D eigenvalue weighted by Crippen LogP contribution is 2.13. The summed E-state index contributed by atoms with van der Waals surface area (Å²) in [5.74, 6) is 0.166. The Kier molecular flexibility index (Phi) is 9.84. The second-order valence-corrected chi connectivity index (χ2v) is 7.34. The molecule has 1 aliphatic rings. The Morgan fingerprint density at radius 3 is 2.19 bits per heavy atom. The molecule has 1 aromatic carbocycles. The third kappa shape index (κ3) is 9.02. The van der Waals surface area contributed by atoms with Crippen molar-refractivity contribution in [1.29, 1.82) is 0 Å². The van der Waals surface area contributed by atoms with Gasteiger partial charge in [-0.25, -0.2) is 0 Å². The molecule has 0 aliphatic carbocycles. The predicted molar refractivity (Wildman–Crippen MR) is 107 cm³/mol. The lowest BCUT2D eigenvalue weighted by atomic mass is 10.0. The molecule has 1 N–H and O–H groups in total. The Hall–Kier alpha value is -1.84. The molecule has 0 bridgehead atoms. The number of amides is 1. The van der Waals surface area contributed by atoms with E-state index >= 15 is 0 Å². The number of carbonyl (C=O) groups is 1. The van der Waals surface area contributed by atoms with Crippen LogP contribution in [0.1, 0.15) is 81.8 Å². The number of aryl methyl sites for hydroxylation is 1. The summed E-state index contributed by atoms with van der Waals surface area (Å²) in [5.41, 5.74) is 3.44. The molecule has 0 saturated carbocycles. The van der Waals surface area contributed by atoms with Gasteiger partial charge in [0.2, 0.25) is 5.91 Å². The number of nitrogens with one attached hydrogen (secondary N) is 1. The van der Waals surface area contributed by atoms with Crippen LogP contribution in [0.4, 0.5) is 0 Å². The quantitative estimate of drug-likeness (QED) is 0.747. The molecule has 144 valence electrons. The first-order valence-electron chi connectivity index (χ1n) is 10.2. The fourth-order valence-corrected chi connectivity index (χ4v) is 3.21. The van der Waals surface area contributed by atoms with Crippen molar-refractivity contribution in [3.05, 3.63) is 35.4 Å². The van der Waals surface area contributed by atoms with Gasteiger partial charge in [-0.05, 0) is 31.7 Å². The second-order valence-electron chi connectivity index (χ2n) is 7.34. The van der Waals surface area contributed by atoms with Crippen LogP contribution in [0.25, 0.3) is 0 Å². The zero-order chi connectivity index (χ0) is 18.5. The summed E-state index contributed by atoms with van der Waals surface area (Å²) in [4.78, 5) is 17.5. The van der Waals surface area contributed by atoms with Crippen molar-refractivity contribution in [2.24, 2.45) is 5.16 Å². The monoisotopic (exact) mass is 358 g/mol. The number of rotatable bonds is 3. The summed E-state index contributed by atoms with van der Waals surface area (Å²) >= 11 is 0. The molecule has 0 atom stereocenters. The van der Waals surface area contributed by atoms with E-state index in [9.17, 15) is 4.79 Å². The van der Waals surface area contributed by atoms with Crippen LogP contribution in [0.2, 0.25) is 0 Å². The largest absolute Gasteiger partial charge is 0.391 e. The molecule has 0 spiro atoms. The van der Waals surface area contributed by atoms with Crippen LogP contribution < -0.4 is 5.32 Å². The average molecular weight is 359 g/mol. The topological polar surface area (TPSA) is 50.7 Å². The summed E-state index contributed by atoms with van der Waals surface area (Å²) < 4.78 is 0. The van der Waals surface area contributed by atoms with Gasteiger partial charge >= 0.3 is 0 Å². The molecule has 0 aromatic heterocycles. The van der Waals surface area contributed by atoms with Gasteiger partial charge in [-0.15, -0.1) is 0 Å². The van der Waals surface area contributed by atoms with E-state index in [2.05, 4.69) is 41.7 Å². The van der Waals surface area contributed by atoms with Gasteiger partial charge in [-0.3, -0.25) is 4.79 Å². The molecule has 1 heterocycles. The average Bonchev–Trinajstić information content (AvgIpc) is 2.64. The summed E-state index contributed by atoms with van der Waals surface area (Å²) in [6.45, 7) is 3.23. The Morgan fingerprint density at radius 1 is 0.885 bits per heavy atom. The van der Waals surface area contributed by atoms with Gasteiger partial charge in [0.05, 0.1) is 5.71 Å². The Balaban J connectivity index is 1.83. The van der Waals surface area contributed by atoms with Gasteiger partial charge in [-0.1, -0.05) is 73.5 Å². The standard InChI is InChI=1S/C22H34N2O2/c1-19-12-14-20(15-13-19)18-26-24-21-10-8-6-4-2-3-5-7-9-11-22(25)23-17-16-21/h12-15H,2-11,16-18H2,1H3,(H,23,25)/b24-21-. The fourth-order valence-electron chi connectivity index (χ4n) is 3.21. The van der Waals surface area contributed by atoms with Crippen molar-refractivity contribution in [3.63, 3.8) is 0 Å². The van der Waals surface area contributed by atoms with E-state index in [0.29, 0.717) is 19.6 Å². The van der Waals surface area contributed by atoms with Gasteiger partial charge in [0.1, 0.15) is 6.61 Å². The number of hydrogen-bond acceptors (Lipinski definition) is 3. The van der Waals surface area contributed by atoms with E-state index in [1.165, 1.54) is 44.1 Å². The van der Waals surface area contributed by atoms with Crippen LogP contribution in [0.5, 0.6) is 0 Å². The number of carbonyl (C=O) groups excluding carboxylic acids is 1. The van der Waals surface area contributed by atoms with Crippen molar-refractivity contribution < 1.29 is 9.63 Å². The van der Waals surface area contributed by atoms with Crippen LogP contribution in [-0.2, 0) is 16.2 Å². The first kappa shape index (κ1) is 20.5. The van der Waals surface area contributed by atoms with Crippen molar-refractivity contribution in [3.8, 4) is 0 Å². The number of hydrogen-bond donors (Lipinski definition) is 1. The highest BCUT2D eigenvalue weighted by molar-refractivity contribution is 5.84. The summed E-state index contributed by atoms with van der Waals surface area (Å²) in [6, 6.07) is 8.33. The Morgan fingerprint density at radius 2 is 1.50 bits per heavy atom. The maximum absolute atomic E-state index is 11.9. The van der Waals surface area contributed by atoms with Crippen LogP contribution >= 0.6 is 0 Å². The van der Waals surface area contributed by atoms with Crippen molar-refractivity contribution in [2.75, 3.05) is 6.54 Å². The second kappa shape index (κ2) is 12.5. The minimum absolute atomic E-state index is 0.166. The molecule has 1 aromatic rings. The van der Waals surface area contributed by atoms with E-state index in [-0.39, 0.29) is 5.91 Å². The van der Waals surface area contributed by atoms with Crippen LogP contribution in [0.3, 0.4) is 0 Å². The molecule has 1 aliphatic heterocycles. The van der Waals surface area contributed by atoms with E-state index < -0.39 is 0 Å². The molecular formula is C22H34N2O2. The molecule has 1 amide bonds. The minimum Gasteiger partial charge on any atom is -0.391 e. The molecule has 4 nitrogen and oxygen atoms in total. The van der Waals surface area contributed by atoms with Gasteiger partial charge in [-0.2, -0.15) is 0 Å². The van der Waals surface area contributed by atoms with Crippen LogP contribution in [0.15, 0.2) is 29.4 Å². The molecule has 1 saturated heterocycles. The van der Waals surface area contributed by atoms with Crippen LogP contribution in [0, 0.1) is 6.92 Å². The normalized spacial score (nSPS) is 20.0. The molecule has 26 heavy (non-hydrogen) atoms. The summed E-state index contributed by atoms with van der Waals surface area (Å²) in [6.07, 6.45) is 12.1. The Labute approximate surface area is 158 Å². The van der Waals surface area contributed by atoms with E-state index in [4.69, 9.17) is 4.84 Å². The van der Waals surface area contributed by atoms with Crippen molar-refractivity contribution in [1.82, 2.24) is 5.32 Å². The van der Waals surface area contributed by atoms with Gasteiger partial charge in [0, 0.05) is 19.4 Å². The Bertz CT molecular complexity index is 552. The first-order chi connectivity index (χ1) is 12.7. The molecule has 0 unspecified atom stereocenters. The van der Waals surface area contributed by atoms with E-state index in [0.717, 1.165) is 37.0 Å².